The van der Waals surface area contributed by atoms with Crippen molar-refractivity contribution >= 4 is 33.8 Å². The van der Waals surface area contributed by atoms with E-state index in [1.54, 1.807) is 0 Å². The molecule has 170 valence electrons. The first-order valence-electron chi connectivity index (χ1n) is 9.74. The highest BCUT2D eigenvalue weighted by atomic mass is 32.2. The summed E-state index contributed by atoms with van der Waals surface area (Å²) in [6, 6.07) is -0.555. The van der Waals surface area contributed by atoms with Crippen molar-refractivity contribution in [2.75, 3.05) is 26.2 Å². The molecule has 0 spiro atoms. The van der Waals surface area contributed by atoms with E-state index in [1.165, 1.54) is 23.6 Å². The summed E-state index contributed by atoms with van der Waals surface area (Å²) >= 11 is 1.39. The standard InChI is InChI=1S/C17H28N4O7S2/c1-8-13-12(9(2)23)16(24)21(13)14(17(25)26)15(8)29-11-5-10(19-6-11)7-20(3-4-22)30(18,27)28/h8-13,19,22-23H,3-7H2,1-2H3,(H,25,26)(H2,18,27,28)/t8-,9-,10+,11+,12-,13-/m1/s1. The minimum absolute atomic E-state index is 0.0166. The van der Waals surface area contributed by atoms with Crippen molar-refractivity contribution in [2.24, 2.45) is 17.0 Å². The molecule has 13 heteroatoms. The Morgan fingerprint density at radius 1 is 1.47 bits per heavy atom. The summed E-state index contributed by atoms with van der Waals surface area (Å²) in [6.45, 7) is 3.60. The van der Waals surface area contributed by atoms with Crippen molar-refractivity contribution in [3.8, 4) is 0 Å². The fraction of sp³-hybridized carbons (Fsp3) is 0.765. The van der Waals surface area contributed by atoms with E-state index in [9.17, 15) is 28.2 Å². The number of rotatable bonds is 9. The average molecular weight is 465 g/mol. The van der Waals surface area contributed by atoms with Crippen molar-refractivity contribution < 1.29 is 33.3 Å². The van der Waals surface area contributed by atoms with Gasteiger partial charge in [-0.25, -0.2) is 9.93 Å². The average Bonchev–Trinajstić information content (AvgIpc) is 3.15. The van der Waals surface area contributed by atoms with Gasteiger partial charge in [-0.3, -0.25) is 4.79 Å². The normalized spacial score (nSPS) is 32.5. The van der Waals surface area contributed by atoms with Crippen LogP contribution in [0.5, 0.6) is 0 Å². The van der Waals surface area contributed by atoms with Gasteiger partial charge < -0.3 is 25.5 Å². The molecule has 1 amide bonds. The fourth-order valence-corrected chi connectivity index (χ4v) is 6.79. The molecular weight excluding hydrogens is 436 g/mol. The van der Waals surface area contributed by atoms with Gasteiger partial charge in [0.25, 0.3) is 10.2 Å². The van der Waals surface area contributed by atoms with Gasteiger partial charge in [-0.2, -0.15) is 12.7 Å². The number of carboxylic acid groups (broad SMARTS) is 1. The SMILES string of the molecule is C[C@@H](O)[C@H]1C(=O)N2C(C(=O)O)=C(S[C@@H]3CN[C@H](CN(CCO)S(N)(=O)=O)C3)[C@H](C)[C@H]12. The molecule has 2 saturated heterocycles. The number of amides is 1. The number of nitrogens with zero attached hydrogens (tertiary/aromatic N) is 2. The van der Waals surface area contributed by atoms with E-state index in [4.69, 9.17) is 10.2 Å². The predicted molar refractivity (Wildman–Crippen MR) is 109 cm³/mol. The quantitative estimate of drug-likeness (QED) is 0.244. The highest BCUT2D eigenvalue weighted by molar-refractivity contribution is 8.03. The number of carboxylic acids is 1. The molecule has 3 aliphatic heterocycles. The van der Waals surface area contributed by atoms with Crippen LogP contribution in [0.3, 0.4) is 0 Å². The molecule has 0 aromatic carbocycles. The number of hydrogen-bond acceptors (Lipinski definition) is 8. The molecular formula is C17H28N4O7S2. The van der Waals surface area contributed by atoms with Gasteiger partial charge >= 0.3 is 5.97 Å². The molecule has 0 saturated carbocycles. The van der Waals surface area contributed by atoms with Crippen molar-refractivity contribution in [2.45, 2.75) is 43.7 Å². The Labute approximate surface area is 179 Å². The zero-order valence-corrected chi connectivity index (χ0v) is 18.4. The van der Waals surface area contributed by atoms with Crippen LogP contribution in [-0.2, 0) is 19.8 Å². The summed E-state index contributed by atoms with van der Waals surface area (Å²) in [4.78, 5) is 26.2. The molecule has 0 unspecified atom stereocenters. The van der Waals surface area contributed by atoms with E-state index in [0.717, 1.165) is 4.31 Å². The predicted octanol–water partition coefficient (Wildman–Crippen LogP) is -1.90. The first-order valence-corrected chi connectivity index (χ1v) is 12.1. The molecule has 0 aromatic heterocycles. The van der Waals surface area contributed by atoms with Gasteiger partial charge in [0.2, 0.25) is 5.91 Å². The lowest BCUT2D eigenvalue weighted by Gasteiger charge is -2.46. The smallest absolute Gasteiger partial charge is 0.353 e. The second-order valence-corrected chi connectivity index (χ2v) is 10.9. The van der Waals surface area contributed by atoms with Gasteiger partial charge in [-0.1, -0.05) is 6.92 Å². The van der Waals surface area contributed by atoms with Crippen LogP contribution < -0.4 is 10.5 Å². The van der Waals surface area contributed by atoms with Gasteiger partial charge in [-0.15, -0.1) is 11.8 Å². The van der Waals surface area contributed by atoms with E-state index in [2.05, 4.69) is 5.32 Å². The summed E-state index contributed by atoms with van der Waals surface area (Å²) < 4.78 is 24.3. The minimum atomic E-state index is -3.94. The molecule has 0 radical (unpaired) electrons. The molecule has 3 heterocycles. The summed E-state index contributed by atoms with van der Waals surface area (Å²) in [5.41, 5.74) is -0.0192. The first kappa shape index (κ1) is 23.4. The third kappa shape index (κ3) is 4.24. The van der Waals surface area contributed by atoms with Crippen LogP contribution in [0.4, 0.5) is 0 Å². The van der Waals surface area contributed by atoms with Crippen LogP contribution in [0.15, 0.2) is 10.6 Å². The number of β-lactam (4-membered cyclic amide) rings is 1. The lowest BCUT2D eigenvalue weighted by atomic mass is 9.79. The molecule has 0 aromatic rings. The van der Waals surface area contributed by atoms with E-state index in [-0.39, 0.29) is 54.6 Å². The first-order chi connectivity index (χ1) is 14.0. The highest BCUT2D eigenvalue weighted by Crippen LogP contribution is 2.51. The molecule has 0 aliphatic carbocycles. The van der Waals surface area contributed by atoms with Crippen molar-refractivity contribution in [3.05, 3.63) is 10.6 Å². The van der Waals surface area contributed by atoms with Crippen LogP contribution in [0.2, 0.25) is 0 Å². The maximum Gasteiger partial charge on any atom is 0.353 e. The van der Waals surface area contributed by atoms with Crippen LogP contribution in [0, 0.1) is 11.8 Å². The Hall–Kier alpha value is -1.22. The van der Waals surface area contributed by atoms with Gasteiger partial charge in [0.15, 0.2) is 0 Å². The van der Waals surface area contributed by atoms with E-state index in [0.29, 0.717) is 17.9 Å². The zero-order chi connectivity index (χ0) is 22.4. The third-order valence-corrected chi connectivity index (χ3v) is 8.48. The maximum absolute atomic E-state index is 12.4. The van der Waals surface area contributed by atoms with Crippen LogP contribution in [0.25, 0.3) is 0 Å². The van der Waals surface area contributed by atoms with Gasteiger partial charge in [0.05, 0.1) is 24.7 Å². The monoisotopic (exact) mass is 464 g/mol. The lowest BCUT2D eigenvalue weighted by molar-refractivity contribution is -0.163. The second kappa shape index (κ2) is 8.73. The summed E-state index contributed by atoms with van der Waals surface area (Å²) in [5, 5.41) is 37.1. The Bertz CT molecular complexity index is 847. The molecule has 11 nitrogen and oxygen atoms in total. The lowest BCUT2D eigenvalue weighted by Crippen LogP contribution is -2.63. The number of hydrogen-bond donors (Lipinski definition) is 5. The van der Waals surface area contributed by atoms with Gasteiger partial charge in [0.1, 0.15) is 5.70 Å². The number of carbonyl (C=O) groups is 2. The second-order valence-electron chi connectivity index (χ2n) is 7.98. The number of nitrogens with one attached hydrogen (secondary N) is 1. The molecule has 3 rings (SSSR count). The summed E-state index contributed by atoms with van der Waals surface area (Å²) in [6.07, 6.45) is -0.280. The van der Waals surface area contributed by atoms with Crippen molar-refractivity contribution in [1.29, 1.82) is 0 Å². The Kier molecular flexibility index (Phi) is 6.82. The van der Waals surface area contributed by atoms with Gasteiger partial charge in [-0.05, 0) is 13.3 Å². The molecule has 0 bridgehead atoms. The van der Waals surface area contributed by atoms with Crippen LogP contribution in [-0.4, -0.2) is 94.5 Å². The van der Waals surface area contributed by atoms with Crippen LogP contribution >= 0.6 is 11.8 Å². The topological polar surface area (TPSA) is 174 Å². The highest BCUT2D eigenvalue weighted by Gasteiger charge is 2.60. The van der Waals surface area contributed by atoms with Crippen LogP contribution in [0.1, 0.15) is 20.3 Å². The van der Waals surface area contributed by atoms with Crippen molar-refractivity contribution in [1.82, 2.24) is 14.5 Å². The van der Waals surface area contributed by atoms with Crippen molar-refractivity contribution in [3.63, 3.8) is 0 Å². The number of aliphatic hydroxyl groups excluding tert-OH is 2. The molecule has 3 aliphatic rings. The number of fused-ring (bicyclic) bond motifs is 1. The molecule has 6 N–H and O–H groups in total. The number of thioether (sulfide) groups is 1. The van der Waals surface area contributed by atoms with E-state index in [1.807, 2.05) is 6.92 Å². The largest absolute Gasteiger partial charge is 0.477 e. The molecule has 30 heavy (non-hydrogen) atoms. The Morgan fingerprint density at radius 3 is 2.67 bits per heavy atom. The number of carbonyl (C=O) groups excluding carboxylic acids is 1. The fourth-order valence-electron chi connectivity index (χ4n) is 4.55. The Morgan fingerprint density at radius 2 is 2.13 bits per heavy atom. The number of nitrogens with two attached hydrogens (primary N) is 1. The third-order valence-electron chi connectivity index (χ3n) is 5.92. The Balaban J connectivity index is 1.71. The maximum atomic E-state index is 12.4. The van der Waals surface area contributed by atoms with E-state index < -0.39 is 28.2 Å². The summed E-state index contributed by atoms with van der Waals surface area (Å²) in [7, 11) is -3.94. The number of aliphatic hydroxyl groups is 2. The van der Waals surface area contributed by atoms with Gasteiger partial charge in [0, 0.05) is 41.7 Å². The van der Waals surface area contributed by atoms with E-state index >= 15 is 0 Å². The minimum Gasteiger partial charge on any atom is -0.477 e. The zero-order valence-electron chi connectivity index (χ0n) is 16.8. The molecule has 2 fully saturated rings. The molecule has 6 atom stereocenters. The number of aliphatic carboxylic acids is 1. The summed E-state index contributed by atoms with van der Waals surface area (Å²) in [5.74, 6) is -2.36.